The summed E-state index contributed by atoms with van der Waals surface area (Å²) in [7, 11) is 0. The lowest BCUT2D eigenvalue weighted by atomic mass is 10.2. The molecule has 6 heteroatoms. The molecule has 1 aliphatic heterocycles. The highest BCUT2D eigenvalue weighted by Crippen LogP contribution is 2.24. The molecule has 1 atom stereocenters. The summed E-state index contributed by atoms with van der Waals surface area (Å²) in [5.74, 6) is 0.262. The minimum atomic E-state index is -0.248. The lowest BCUT2D eigenvalue weighted by Gasteiger charge is -2.23. The van der Waals surface area contributed by atoms with E-state index in [4.69, 9.17) is 11.6 Å². The number of rotatable bonds is 3. The van der Waals surface area contributed by atoms with Crippen molar-refractivity contribution in [3.05, 3.63) is 34.6 Å². The van der Waals surface area contributed by atoms with Crippen molar-refractivity contribution >= 4 is 28.5 Å². The highest BCUT2D eigenvalue weighted by molar-refractivity contribution is 8.13. The molecular weight excluding hydrogens is 285 g/mol. The van der Waals surface area contributed by atoms with Gasteiger partial charge in [0.25, 0.3) is 0 Å². The van der Waals surface area contributed by atoms with Crippen LogP contribution in [0.2, 0.25) is 5.02 Å². The Hall–Kier alpha value is -0.780. The van der Waals surface area contributed by atoms with Crippen LogP contribution in [0.4, 0.5) is 4.39 Å². The zero-order chi connectivity index (χ0) is 13.2. The standard InChI is InChI=1S/C13H15ClFN3S/c14-11-2-1-3-12(15)10(11)6-19-13-16-7-18(8-17-13)9-4-5-9/h1-3,9H,4-8H2,(H,16,17)/p+1. The molecule has 2 aliphatic rings. The summed E-state index contributed by atoms with van der Waals surface area (Å²) in [5.41, 5.74) is 0.552. The predicted molar refractivity (Wildman–Crippen MR) is 77.0 cm³/mol. The lowest BCUT2D eigenvalue weighted by molar-refractivity contribution is -0.913. The molecule has 19 heavy (non-hydrogen) atoms. The van der Waals surface area contributed by atoms with Gasteiger partial charge in [-0.1, -0.05) is 29.4 Å². The van der Waals surface area contributed by atoms with Gasteiger partial charge in [0.15, 0.2) is 18.5 Å². The number of nitrogens with zero attached hydrogens (tertiary/aromatic N) is 1. The third-order valence-corrected chi connectivity index (χ3v) is 4.80. The maximum atomic E-state index is 13.6. The minimum Gasteiger partial charge on any atom is -0.318 e. The van der Waals surface area contributed by atoms with Gasteiger partial charge in [0.05, 0.1) is 6.04 Å². The molecule has 1 saturated carbocycles. The molecule has 0 spiro atoms. The zero-order valence-corrected chi connectivity index (χ0v) is 12.0. The predicted octanol–water partition coefficient (Wildman–Crippen LogP) is 1.63. The van der Waals surface area contributed by atoms with Crippen molar-refractivity contribution in [1.82, 2.24) is 5.32 Å². The SMILES string of the molecule is Fc1cccc(Cl)c1CSC1=NC[NH+](C2CC2)CN1. The van der Waals surface area contributed by atoms with Crippen LogP contribution in [0.5, 0.6) is 0 Å². The fourth-order valence-electron chi connectivity index (χ4n) is 2.15. The number of amidine groups is 1. The molecule has 1 aromatic carbocycles. The van der Waals surface area contributed by atoms with E-state index in [1.54, 1.807) is 12.1 Å². The monoisotopic (exact) mass is 300 g/mol. The van der Waals surface area contributed by atoms with Crippen LogP contribution in [0.1, 0.15) is 18.4 Å². The van der Waals surface area contributed by atoms with Gasteiger partial charge in [-0.3, -0.25) is 4.90 Å². The smallest absolute Gasteiger partial charge is 0.175 e. The van der Waals surface area contributed by atoms with Gasteiger partial charge in [-0.25, -0.2) is 9.38 Å². The molecule has 0 amide bonds. The Morgan fingerprint density at radius 1 is 1.47 bits per heavy atom. The first kappa shape index (κ1) is 13.2. The first-order valence-corrected chi connectivity index (χ1v) is 7.79. The number of halogens is 2. The summed E-state index contributed by atoms with van der Waals surface area (Å²) >= 11 is 7.52. The number of quaternary nitrogens is 1. The van der Waals surface area contributed by atoms with Gasteiger partial charge in [-0.2, -0.15) is 0 Å². The van der Waals surface area contributed by atoms with Gasteiger partial charge in [0, 0.05) is 29.2 Å². The van der Waals surface area contributed by atoms with E-state index >= 15 is 0 Å². The van der Waals surface area contributed by atoms with Crippen molar-refractivity contribution in [2.45, 2.75) is 24.6 Å². The largest absolute Gasteiger partial charge is 0.318 e. The second kappa shape index (κ2) is 5.69. The summed E-state index contributed by atoms with van der Waals surface area (Å²) in [6, 6.07) is 5.58. The van der Waals surface area contributed by atoms with E-state index in [1.807, 2.05) is 0 Å². The molecule has 0 saturated heterocycles. The van der Waals surface area contributed by atoms with Crippen LogP contribution in [0.3, 0.4) is 0 Å². The quantitative estimate of drug-likeness (QED) is 0.888. The normalized spacial score (nSPS) is 22.8. The van der Waals surface area contributed by atoms with E-state index in [0.29, 0.717) is 16.3 Å². The van der Waals surface area contributed by atoms with Crippen molar-refractivity contribution in [3.8, 4) is 0 Å². The Labute approximate surface area is 121 Å². The van der Waals surface area contributed by atoms with Crippen LogP contribution >= 0.6 is 23.4 Å². The Morgan fingerprint density at radius 2 is 2.32 bits per heavy atom. The molecule has 0 bridgehead atoms. The highest BCUT2D eigenvalue weighted by atomic mass is 35.5. The molecule has 3 rings (SSSR count). The fraction of sp³-hybridized carbons (Fsp3) is 0.462. The third-order valence-electron chi connectivity index (χ3n) is 3.46. The zero-order valence-electron chi connectivity index (χ0n) is 10.5. The van der Waals surface area contributed by atoms with Crippen molar-refractivity contribution in [1.29, 1.82) is 0 Å². The Balaban J connectivity index is 1.57. The summed E-state index contributed by atoms with van der Waals surface area (Å²) in [6.07, 6.45) is 2.64. The first-order valence-electron chi connectivity index (χ1n) is 6.42. The summed E-state index contributed by atoms with van der Waals surface area (Å²) < 4.78 is 13.6. The van der Waals surface area contributed by atoms with Crippen LogP contribution < -0.4 is 10.2 Å². The third kappa shape index (κ3) is 3.22. The Kier molecular flexibility index (Phi) is 3.96. The summed E-state index contributed by atoms with van der Waals surface area (Å²) in [6.45, 7) is 1.74. The first-order chi connectivity index (χ1) is 9.24. The molecule has 1 heterocycles. The van der Waals surface area contributed by atoms with E-state index in [9.17, 15) is 4.39 Å². The molecule has 102 valence electrons. The summed E-state index contributed by atoms with van der Waals surface area (Å²) in [4.78, 5) is 6.02. The molecule has 1 fully saturated rings. The molecule has 1 unspecified atom stereocenters. The number of hydrogen-bond acceptors (Lipinski definition) is 3. The summed E-state index contributed by atoms with van der Waals surface area (Å²) in [5, 5.41) is 4.68. The van der Waals surface area contributed by atoms with E-state index < -0.39 is 0 Å². The van der Waals surface area contributed by atoms with Gasteiger partial charge in [0.1, 0.15) is 5.82 Å². The van der Waals surface area contributed by atoms with E-state index in [-0.39, 0.29) is 5.82 Å². The van der Waals surface area contributed by atoms with E-state index in [1.165, 1.54) is 35.6 Å². The number of hydrogen-bond donors (Lipinski definition) is 2. The van der Waals surface area contributed by atoms with Crippen LogP contribution in [0, 0.1) is 5.82 Å². The van der Waals surface area contributed by atoms with Crippen LogP contribution in [-0.2, 0) is 5.75 Å². The van der Waals surface area contributed by atoms with Crippen LogP contribution in [0.25, 0.3) is 0 Å². The molecule has 0 radical (unpaired) electrons. The second-order valence-electron chi connectivity index (χ2n) is 4.90. The maximum absolute atomic E-state index is 13.6. The van der Waals surface area contributed by atoms with E-state index in [2.05, 4.69) is 10.3 Å². The van der Waals surface area contributed by atoms with Gasteiger partial charge < -0.3 is 5.32 Å². The van der Waals surface area contributed by atoms with Gasteiger partial charge in [0.2, 0.25) is 0 Å². The van der Waals surface area contributed by atoms with E-state index in [0.717, 1.165) is 24.5 Å². The fourth-order valence-corrected chi connectivity index (χ4v) is 3.36. The minimum absolute atomic E-state index is 0.248. The van der Waals surface area contributed by atoms with Crippen LogP contribution in [0.15, 0.2) is 23.2 Å². The Morgan fingerprint density at radius 3 is 2.95 bits per heavy atom. The molecular formula is C13H16ClFN3S+. The lowest BCUT2D eigenvalue weighted by Crippen LogP contribution is -3.15. The number of thioether (sulfide) groups is 1. The van der Waals surface area contributed by atoms with Gasteiger partial charge >= 0.3 is 0 Å². The molecule has 3 nitrogen and oxygen atoms in total. The van der Waals surface area contributed by atoms with Gasteiger partial charge in [-0.15, -0.1) is 0 Å². The topological polar surface area (TPSA) is 28.8 Å². The molecule has 1 aliphatic carbocycles. The highest BCUT2D eigenvalue weighted by Gasteiger charge is 2.34. The molecule has 2 N–H and O–H groups in total. The van der Waals surface area contributed by atoms with Crippen molar-refractivity contribution in [3.63, 3.8) is 0 Å². The van der Waals surface area contributed by atoms with Crippen molar-refractivity contribution < 1.29 is 9.29 Å². The van der Waals surface area contributed by atoms with Crippen molar-refractivity contribution in [2.24, 2.45) is 4.99 Å². The maximum Gasteiger partial charge on any atom is 0.175 e. The van der Waals surface area contributed by atoms with Crippen LogP contribution in [-0.4, -0.2) is 24.5 Å². The average molecular weight is 301 g/mol. The average Bonchev–Trinajstić information content (AvgIpc) is 3.23. The Bertz CT molecular complexity index is 484. The van der Waals surface area contributed by atoms with Gasteiger partial charge in [-0.05, 0) is 12.1 Å². The van der Waals surface area contributed by atoms with Crippen molar-refractivity contribution in [2.75, 3.05) is 13.3 Å². The molecule has 0 aromatic heterocycles. The number of benzene rings is 1. The number of nitrogens with one attached hydrogen (secondary N) is 2. The molecule has 1 aromatic rings. The number of aliphatic imine (C=N–C) groups is 1. The second-order valence-corrected chi connectivity index (χ2v) is 6.27.